The van der Waals surface area contributed by atoms with Crippen molar-refractivity contribution in [3.05, 3.63) is 89.7 Å². The number of aromatic nitrogens is 1. The first-order valence-electron chi connectivity index (χ1n) is 12.7. The van der Waals surface area contributed by atoms with Crippen LogP contribution in [0.15, 0.2) is 73.1 Å². The summed E-state index contributed by atoms with van der Waals surface area (Å²) in [4.78, 5) is 32.5. The number of hydrogen-bond donors (Lipinski definition) is 0. The van der Waals surface area contributed by atoms with Crippen molar-refractivity contribution in [1.29, 1.82) is 0 Å². The molecule has 5 heteroatoms. The van der Waals surface area contributed by atoms with Crippen molar-refractivity contribution >= 4 is 11.9 Å². The molecule has 0 N–H and O–H groups in total. The van der Waals surface area contributed by atoms with Gasteiger partial charge in [0.15, 0.2) is 0 Å². The summed E-state index contributed by atoms with van der Waals surface area (Å²) in [6.45, 7) is 0.339. The van der Waals surface area contributed by atoms with Gasteiger partial charge in [-0.3, -0.25) is 9.78 Å². The number of amides is 1. The average Bonchev–Trinajstić information content (AvgIpc) is 3.21. The third-order valence-electron chi connectivity index (χ3n) is 8.08. The summed E-state index contributed by atoms with van der Waals surface area (Å²) in [5, 5.41) is 0. The van der Waals surface area contributed by atoms with Crippen molar-refractivity contribution in [1.82, 2.24) is 9.88 Å². The van der Waals surface area contributed by atoms with Crippen molar-refractivity contribution in [2.75, 3.05) is 6.61 Å². The van der Waals surface area contributed by atoms with Crippen LogP contribution in [0.4, 0.5) is 4.79 Å². The zero-order chi connectivity index (χ0) is 23.8. The number of hydrogen-bond acceptors (Lipinski definition) is 4. The van der Waals surface area contributed by atoms with Crippen molar-refractivity contribution < 1.29 is 14.3 Å². The molecule has 0 saturated carbocycles. The van der Waals surface area contributed by atoms with Gasteiger partial charge >= 0.3 is 6.09 Å². The molecule has 3 heterocycles. The first-order chi connectivity index (χ1) is 17.2. The van der Waals surface area contributed by atoms with Gasteiger partial charge in [0.05, 0.1) is 0 Å². The Balaban J connectivity index is 1.14. The Morgan fingerprint density at radius 1 is 0.886 bits per heavy atom. The lowest BCUT2D eigenvalue weighted by molar-refractivity contribution is -0.126. The van der Waals surface area contributed by atoms with Crippen LogP contribution in [-0.2, 0) is 16.0 Å². The molecule has 2 unspecified atom stereocenters. The Bertz CT molecular complexity index is 1180. The number of pyridine rings is 1. The summed E-state index contributed by atoms with van der Waals surface area (Å²) in [7, 11) is 0. The van der Waals surface area contributed by atoms with Crippen LogP contribution in [0.25, 0.3) is 11.1 Å². The van der Waals surface area contributed by atoms with Gasteiger partial charge in [-0.05, 0) is 66.0 Å². The number of ether oxygens (including phenoxy) is 1. The highest BCUT2D eigenvalue weighted by atomic mass is 16.6. The number of nitrogens with zero attached hydrogens (tertiary/aromatic N) is 2. The monoisotopic (exact) mass is 466 g/mol. The van der Waals surface area contributed by atoms with Gasteiger partial charge in [-0.15, -0.1) is 0 Å². The normalized spacial score (nSPS) is 22.9. The predicted molar refractivity (Wildman–Crippen MR) is 134 cm³/mol. The third kappa shape index (κ3) is 4.13. The SMILES string of the molecule is O=C(Cc1cccnc1)C1CC2CCCC(C1)N2C(=O)OCC1c2ccccc2-c2ccccc21. The molecule has 2 aliphatic heterocycles. The number of ketones is 1. The lowest BCUT2D eigenvalue weighted by Gasteiger charge is -2.47. The second-order valence-electron chi connectivity index (χ2n) is 10.1. The van der Waals surface area contributed by atoms with Gasteiger partial charge in [-0.1, -0.05) is 54.6 Å². The zero-order valence-corrected chi connectivity index (χ0v) is 19.8. The highest BCUT2D eigenvalue weighted by molar-refractivity contribution is 5.84. The number of piperidine rings is 2. The van der Waals surface area contributed by atoms with E-state index in [0.29, 0.717) is 13.0 Å². The fourth-order valence-electron chi connectivity index (χ4n) is 6.46. The minimum Gasteiger partial charge on any atom is -0.448 e. The molecule has 2 fully saturated rings. The molecule has 1 aliphatic carbocycles. The zero-order valence-electron chi connectivity index (χ0n) is 19.8. The summed E-state index contributed by atoms with van der Waals surface area (Å²) >= 11 is 0. The van der Waals surface area contributed by atoms with E-state index in [1.54, 1.807) is 12.4 Å². The van der Waals surface area contributed by atoms with Crippen LogP contribution in [0.2, 0.25) is 0 Å². The highest BCUT2D eigenvalue weighted by Crippen LogP contribution is 2.45. The summed E-state index contributed by atoms with van der Waals surface area (Å²) in [5.41, 5.74) is 5.87. The largest absolute Gasteiger partial charge is 0.448 e. The number of fused-ring (bicyclic) bond motifs is 5. The number of carbonyl (C=O) groups excluding carboxylic acids is 2. The third-order valence-corrected chi connectivity index (χ3v) is 8.08. The molecule has 178 valence electrons. The van der Waals surface area contributed by atoms with E-state index in [4.69, 9.17) is 4.74 Å². The van der Waals surface area contributed by atoms with E-state index in [-0.39, 0.29) is 35.8 Å². The van der Waals surface area contributed by atoms with E-state index in [2.05, 4.69) is 53.5 Å². The molecule has 2 saturated heterocycles. The molecule has 0 radical (unpaired) electrons. The van der Waals surface area contributed by atoms with Crippen LogP contribution >= 0.6 is 0 Å². The molecule has 6 rings (SSSR count). The average molecular weight is 467 g/mol. The topological polar surface area (TPSA) is 59.5 Å². The minimum absolute atomic E-state index is 0.00291. The molecule has 0 spiro atoms. The number of rotatable bonds is 5. The number of carbonyl (C=O) groups is 2. The molecule has 2 atom stereocenters. The summed E-state index contributed by atoms with van der Waals surface area (Å²) < 4.78 is 6.00. The second kappa shape index (κ2) is 9.29. The first-order valence-corrected chi connectivity index (χ1v) is 12.7. The molecule has 2 aromatic carbocycles. The van der Waals surface area contributed by atoms with Crippen molar-refractivity contribution in [3.63, 3.8) is 0 Å². The van der Waals surface area contributed by atoms with Gasteiger partial charge in [-0.2, -0.15) is 0 Å². The lowest BCUT2D eigenvalue weighted by Crippen LogP contribution is -2.56. The van der Waals surface area contributed by atoms with Crippen molar-refractivity contribution in [2.24, 2.45) is 5.92 Å². The summed E-state index contributed by atoms with van der Waals surface area (Å²) in [6.07, 6.45) is 8.15. The Morgan fingerprint density at radius 2 is 1.54 bits per heavy atom. The molecule has 2 bridgehead atoms. The first kappa shape index (κ1) is 22.0. The lowest BCUT2D eigenvalue weighted by atomic mass is 9.76. The van der Waals surface area contributed by atoms with Gasteiger partial charge in [-0.25, -0.2) is 4.79 Å². The van der Waals surface area contributed by atoms with Crippen molar-refractivity contribution in [3.8, 4) is 11.1 Å². The van der Waals surface area contributed by atoms with E-state index >= 15 is 0 Å². The molecule has 35 heavy (non-hydrogen) atoms. The van der Waals surface area contributed by atoms with E-state index in [9.17, 15) is 9.59 Å². The molecule has 3 aliphatic rings. The molecule has 5 nitrogen and oxygen atoms in total. The number of benzene rings is 2. The van der Waals surface area contributed by atoms with E-state index in [1.165, 1.54) is 22.3 Å². The van der Waals surface area contributed by atoms with Crippen LogP contribution in [-0.4, -0.2) is 40.5 Å². The molecule has 3 aromatic rings. The van der Waals surface area contributed by atoms with Crippen LogP contribution in [0.3, 0.4) is 0 Å². The second-order valence-corrected chi connectivity index (χ2v) is 10.1. The van der Waals surface area contributed by atoms with Crippen LogP contribution in [0, 0.1) is 5.92 Å². The Kier molecular flexibility index (Phi) is 5.85. The maximum Gasteiger partial charge on any atom is 0.410 e. The molecular formula is C30H30N2O3. The molecular weight excluding hydrogens is 436 g/mol. The Morgan fingerprint density at radius 3 is 2.17 bits per heavy atom. The van der Waals surface area contributed by atoms with Crippen molar-refractivity contribution in [2.45, 2.75) is 56.5 Å². The fourth-order valence-corrected chi connectivity index (χ4v) is 6.46. The van der Waals surface area contributed by atoms with Gasteiger partial charge in [0, 0.05) is 42.7 Å². The standard InChI is InChI=1S/C30H30N2O3/c33-29(15-20-7-6-14-31-18-20)21-16-22-8-5-9-23(17-21)32(22)30(34)35-19-28-26-12-3-1-10-24(26)25-11-2-4-13-27(25)28/h1-4,6-7,10-14,18,21-23,28H,5,8-9,15-17,19H2. The van der Waals surface area contributed by atoms with Gasteiger partial charge in [0.2, 0.25) is 0 Å². The summed E-state index contributed by atoms with van der Waals surface area (Å²) in [6, 6.07) is 20.8. The number of Topliss-reactive ketones (excluding diaryl/α,β-unsaturated/α-hetero) is 1. The van der Waals surface area contributed by atoms with E-state index < -0.39 is 0 Å². The fraction of sp³-hybridized carbons (Fsp3) is 0.367. The van der Waals surface area contributed by atoms with Crippen LogP contribution in [0.1, 0.15) is 54.7 Å². The smallest absolute Gasteiger partial charge is 0.410 e. The van der Waals surface area contributed by atoms with Crippen LogP contribution in [0.5, 0.6) is 0 Å². The van der Waals surface area contributed by atoms with Crippen LogP contribution < -0.4 is 0 Å². The van der Waals surface area contributed by atoms with Gasteiger partial charge < -0.3 is 9.64 Å². The van der Waals surface area contributed by atoms with Gasteiger partial charge in [0.1, 0.15) is 12.4 Å². The molecule has 1 aromatic heterocycles. The minimum atomic E-state index is -0.222. The maximum atomic E-state index is 13.4. The Labute approximate surface area is 206 Å². The summed E-state index contributed by atoms with van der Waals surface area (Å²) in [5.74, 6) is 0.329. The quantitative estimate of drug-likeness (QED) is 0.479. The Hall–Kier alpha value is -3.47. The highest BCUT2D eigenvalue weighted by Gasteiger charge is 2.43. The predicted octanol–water partition coefficient (Wildman–Crippen LogP) is 5.78. The molecule has 1 amide bonds. The van der Waals surface area contributed by atoms with Gasteiger partial charge in [0.25, 0.3) is 0 Å². The van der Waals surface area contributed by atoms with E-state index in [0.717, 1.165) is 37.7 Å². The maximum absolute atomic E-state index is 13.4. The van der Waals surface area contributed by atoms with E-state index in [1.807, 2.05) is 17.0 Å².